The van der Waals surface area contributed by atoms with Gasteiger partial charge in [0.15, 0.2) is 0 Å². The van der Waals surface area contributed by atoms with Crippen molar-refractivity contribution >= 4 is 81.2 Å². The number of ketones is 2. The fourth-order valence-electron chi connectivity index (χ4n) is 2.00. The zero-order valence-corrected chi connectivity index (χ0v) is 15.1. The minimum atomic E-state index is -2.16. The van der Waals surface area contributed by atoms with Crippen LogP contribution >= 0.6 is 69.6 Å². The SMILES string of the molecule is O=C(c1cc(C(=O)C(Cl)(Cl)Cl)c2cccccc1-2)C(Cl)(Cl)Cl. The average molecular weight is 419 g/mol. The smallest absolute Gasteiger partial charge is 0.253 e. The Labute approximate surface area is 156 Å². The molecule has 2 nitrogen and oxygen atoms in total. The van der Waals surface area contributed by atoms with Crippen molar-refractivity contribution in [2.24, 2.45) is 0 Å². The summed E-state index contributed by atoms with van der Waals surface area (Å²) in [7, 11) is 0. The van der Waals surface area contributed by atoms with Crippen molar-refractivity contribution in [3.05, 3.63) is 47.5 Å². The van der Waals surface area contributed by atoms with E-state index in [-0.39, 0.29) is 11.1 Å². The van der Waals surface area contributed by atoms with Crippen LogP contribution in [-0.4, -0.2) is 19.2 Å². The summed E-state index contributed by atoms with van der Waals surface area (Å²) in [6.45, 7) is 0. The lowest BCUT2D eigenvalue weighted by atomic mass is 10.1. The Morgan fingerprint density at radius 2 is 1.05 bits per heavy atom. The molecule has 0 aromatic heterocycles. The highest BCUT2D eigenvalue weighted by Gasteiger charge is 2.39. The normalized spacial score (nSPS) is 12.5. The van der Waals surface area contributed by atoms with Crippen molar-refractivity contribution in [2.75, 3.05) is 0 Å². The third kappa shape index (κ3) is 3.64. The molecule has 2 rings (SSSR count). The van der Waals surface area contributed by atoms with E-state index in [2.05, 4.69) is 0 Å². The molecule has 0 heterocycles. The Kier molecular flexibility index (Phi) is 5.23. The van der Waals surface area contributed by atoms with Crippen LogP contribution in [0.2, 0.25) is 0 Å². The lowest BCUT2D eigenvalue weighted by molar-refractivity contribution is 0.0994. The quantitative estimate of drug-likeness (QED) is 0.449. The molecule has 0 fully saturated rings. The van der Waals surface area contributed by atoms with E-state index in [1.54, 1.807) is 30.3 Å². The van der Waals surface area contributed by atoms with Gasteiger partial charge >= 0.3 is 0 Å². The van der Waals surface area contributed by atoms with Crippen LogP contribution in [0.5, 0.6) is 0 Å². The zero-order valence-electron chi connectivity index (χ0n) is 10.5. The Morgan fingerprint density at radius 3 is 1.36 bits per heavy atom. The number of fused-ring (bicyclic) bond motifs is 1. The number of rotatable bonds is 2. The summed E-state index contributed by atoms with van der Waals surface area (Å²) in [4.78, 5) is 24.5. The summed E-state index contributed by atoms with van der Waals surface area (Å²) in [5.41, 5.74) is 1.01. The lowest BCUT2D eigenvalue weighted by Gasteiger charge is -2.09. The Bertz CT molecular complexity index is 657. The second kappa shape index (κ2) is 6.35. The van der Waals surface area contributed by atoms with Gasteiger partial charge in [-0.15, -0.1) is 0 Å². The van der Waals surface area contributed by atoms with Crippen LogP contribution in [0.15, 0.2) is 36.4 Å². The van der Waals surface area contributed by atoms with E-state index in [4.69, 9.17) is 69.6 Å². The maximum Gasteiger partial charge on any atom is 0.253 e. The van der Waals surface area contributed by atoms with E-state index in [1.807, 2.05) is 0 Å². The predicted molar refractivity (Wildman–Crippen MR) is 92.3 cm³/mol. The summed E-state index contributed by atoms with van der Waals surface area (Å²) in [6, 6.07) is 9.59. The molecule has 8 heteroatoms. The van der Waals surface area contributed by atoms with Crippen molar-refractivity contribution in [2.45, 2.75) is 7.59 Å². The third-order valence-corrected chi connectivity index (χ3v) is 3.94. The molecule has 2 aliphatic rings. The van der Waals surface area contributed by atoms with E-state index in [9.17, 15) is 9.59 Å². The summed E-state index contributed by atoms with van der Waals surface area (Å²) in [5, 5.41) is 0. The first-order chi connectivity index (χ1) is 10.0. The van der Waals surface area contributed by atoms with Gasteiger partial charge in [0, 0.05) is 11.1 Å². The minimum absolute atomic E-state index is 0.0730. The van der Waals surface area contributed by atoms with Crippen LogP contribution in [0, 0.1) is 0 Å². The number of halogens is 6. The van der Waals surface area contributed by atoms with Gasteiger partial charge in [-0.25, -0.2) is 0 Å². The van der Waals surface area contributed by atoms with E-state index in [1.165, 1.54) is 6.07 Å². The highest BCUT2D eigenvalue weighted by molar-refractivity contribution is 6.78. The van der Waals surface area contributed by atoms with Crippen molar-refractivity contribution in [3.63, 3.8) is 0 Å². The number of alkyl halides is 6. The minimum Gasteiger partial charge on any atom is -0.289 e. The Hall–Kier alpha value is -0.220. The van der Waals surface area contributed by atoms with Crippen LogP contribution in [-0.2, 0) is 0 Å². The Morgan fingerprint density at radius 1 is 0.682 bits per heavy atom. The number of carbonyl (C=O) groups excluding carboxylic acids is 2. The molecule has 0 atom stereocenters. The molecule has 0 radical (unpaired) electrons. The van der Waals surface area contributed by atoms with Gasteiger partial charge in [0.2, 0.25) is 11.6 Å². The van der Waals surface area contributed by atoms with Crippen LogP contribution in [0.1, 0.15) is 20.7 Å². The van der Waals surface area contributed by atoms with Gasteiger partial charge in [-0.1, -0.05) is 99.9 Å². The van der Waals surface area contributed by atoms with Crippen molar-refractivity contribution in [1.29, 1.82) is 0 Å². The molecule has 0 N–H and O–H groups in total. The second-order valence-corrected chi connectivity index (χ2v) is 8.93. The number of Topliss-reactive ketones (excluding diaryl/α,β-unsaturated/α-hetero) is 2. The Balaban J connectivity index is 2.72. The number of carbonyl (C=O) groups is 2. The molecular weight excluding hydrogens is 413 g/mol. The molecule has 0 saturated heterocycles. The van der Waals surface area contributed by atoms with Crippen LogP contribution in [0.3, 0.4) is 0 Å². The molecule has 0 saturated carbocycles. The van der Waals surface area contributed by atoms with Crippen molar-refractivity contribution in [1.82, 2.24) is 0 Å². The lowest BCUT2D eigenvalue weighted by Crippen LogP contribution is -2.19. The number of hydrogen-bond acceptors (Lipinski definition) is 2. The van der Waals surface area contributed by atoms with Gasteiger partial charge in [0.1, 0.15) is 0 Å². The topological polar surface area (TPSA) is 34.1 Å². The first-order valence-electron chi connectivity index (χ1n) is 5.78. The summed E-state index contributed by atoms with van der Waals surface area (Å²) in [5.74, 6) is -1.53. The second-order valence-electron chi connectivity index (χ2n) is 4.36. The van der Waals surface area contributed by atoms with Gasteiger partial charge in [-0.2, -0.15) is 0 Å². The molecule has 2 aliphatic carbocycles. The summed E-state index contributed by atoms with van der Waals surface area (Å²) < 4.78 is -4.31. The molecular formula is C14H6Cl6O2. The van der Waals surface area contributed by atoms with Gasteiger partial charge in [-0.3, -0.25) is 9.59 Å². The molecule has 0 spiro atoms. The van der Waals surface area contributed by atoms with Gasteiger partial charge in [-0.05, 0) is 17.2 Å². The molecule has 0 bridgehead atoms. The van der Waals surface area contributed by atoms with Crippen molar-refractivity contribution < 1.29 is 9.59 Å². The molecule has 0 amide bonds. The fraction of sp³-hybridized carbons (Fsp3) is 0.143. The molecule has 0 unspecified atom stereocenters. The van der Waals surface area contributed by atoms with Crippen LogP contribution < -0.4 is 0 Å². The van der Waals surface area contributed by atoms with E-state index >= 15 is 0 Å². The van der Waals surface area contributed by atoms with Crippen LogP contribution in [0.25, 0.3) is 11.1 Å². The molecule has 0 aliphatic heterocycles. The molecule has 22 heavy (non-hydrogen) atoms. The number of hydrogen-bond donors (Lipinski definition) is 0. The molecule has 116 valence electrons. The summed E-state index contributed by atoms with van der Waals surface area (Å²) >= 11 is 33.9. The first-order valence-corrected chi connectivity index (χ1v) is 8.05. The highest BCUT2D eigenvalue weighted by Crippen LogP contribution is 2.41. The first kappa shape index (κ1) is 18.1. The van der Waals surface area contributed by atoms with Gasteiger partial charge in [0.05, 0.1) is 0 Å². The zero-order chi connectivity index (χ0) is 16.7. The average Bonchev–Trinajstić information content (AvgIpc) is 2.57. The third-order valence-electron chi connectivity index (χ3n) is 2.91. The predicted octanol–water partition coefficient (Wildman–Crippen LogP) is 5.90. The monoisotopic (exact) mass is 416 g/mol. The highest BCUT2D eigenvalue weighted by atomic mass is 35.6. The van der Waals surface area contributed by atoms with E-state index < -0.39 is 19.2 Å². The largest absolute Gasteiger partial charge is 0.289 e. The maximum atomic E-state index is 12.3. The van der Waals surface area contributed by atoms with Crippen molar-refractivity contribution in [3.8, 4) is 11.1 Å². The van der Waals surface area contributed by atoms with E-state index in [0.717, 1.165) is 0 Å². The van der Waals surface area contributed by atoms with E-state index in [0.29, 0.717) is 11.1 Å². The molecule has 0 aromatic carbocycles. The maximum absolute atomic E-state index is 12.3. The van der Waals surface area contributed by atoms with Gasteiger partial charge < -0.3 is 0 Å². The summed E-state index contributed by atoms with van der Waals surface area (Å²) in [6.07, 6.45) is 0. The van der Waals surface area contributed by atoms with Gasteiger partial charge in [0.25, 0.3) is 7.59 Å². The standard InChI is InChI=1S/C14H6Cl6O2/c15-13(16,17)11(21)9-6-10(12(22)14(18,19)20)8-5-3-1-2-4-7(8)9/h1-6H. The fourth-order valence-corrected chi connectivity index (χ4v) is 2.61. The van der Waals surface area contributed by atoms with Crippen LogP contribution in [0.4, 0.5) is 0 Å². The molecule has 0 aromatic rings.